The summed E-state index contributed by atoms with van der Waals surface area (Å²) in [4.78, 5) is 97.0. The van der Waals surface area contributed by atoms with Gasteiger partial charge < -0.3 is 44.5 Å². The van der Waals surface area contributed by atoms with Crippen LogP contribution in [0.2, 0.25) is 0 Å². The predicted octanol–water partition coefficient (Wildman–Crippen LogP) is 3.88. The van der Waals surface area contributed by atoms with Crippen LogP contribution in [0.5, 0.6) is 0 Å². The van der Waals surface area contributed by atoms with Gasteiger partial charge in [0.1, 0.15) is 23.9 Å². The number of esters is 4. The van der Waals surface area contributed by atoms with E-state index in [4.69, 9.17) is 23.7 Å². The van der Waals surface area contributed by atoms with Crippen LogP contribution in [-0.2, 0) is 47.7 Å². The number of carbonyl (C=O) groups is 7. The summed E-state index contributed by atoms with van der Waals surface area (Å²) in [5.74, 6) is -7.10. The van der Waals surface area contributed by atoms with Crippen LogP contribution in [0.1, 0.15) is 93.6 Å². The molecular weight excluding hydrogens is 841 g/mol. The highest BCUT2D eigenvalue weighted by Gasteiger charge is 2.78. The number of amides is 2. The van der Waals surface area contributed by atoms with Crippen LogP contribution in [0.4, 0.5) is 0 Å². The van der Waals surface area contributed by atoms with Crippen molar-refractivity contribution in [2.75, 3.05) is 6.61 Å². The van der Waals surface area contributed by atoms with Gasteiger partial charge in [-0.1, -0.05) is 87.5 Å². The van der Waals surface area contributed by atoms with Crippen molar-refractivity contribution in [3.8, 4) is 0 Å². The maximum atomic E-state index is 15.8. The lowest BCUT2D eigenvalue weighted by Gasteiger charge is -2.67. The fourth-order valence-corrected chi connectivity index (χ4v) is 10.7. The van der Waals surface area contributed by atoms with Crippen molar-refractivity contribution in [2.45, 2.75) is 115 Å². The fourth-order valence-electron chi connectivity index (χ4n) is 10.7. The number of hydrogen-bond donors (Lipinski definition) is 4. The number of ether oxygens (including phenoxy) is 5. The van der Waals surface area contributed by atoms with Crippen LogP contribution in [0.25, 0.3) is 0 Å². The van der Waals surface area contributed by atoms with Gasteiger partial charge in [-0.05, 0) is 54.3 Å². The second kappa shape index (κ2) is 17.6. The van der Waals surface area contributed by atoms with E-state index < -0.39 is 118 Å². The summed E-state index contributed by atoms with van der Waals surface area (Å²) in [6.45, 7) is 9.40. The number of carbonyl (C=O) groups excluding carboxylic acids is 7. The molecule has 1 aliphatic heterocycles. The van der Waals surface area contributed by atoms with Crippen LogP contribution >= 0.6 is 0 Å². The zero-order chi connectivity index (χ0) is 47.2. The molecule has 4 N–H and O–H groups in total. The highest BCUT2D eigenvalue weighted by Crippen LogP contribution is 2.64. The van der Waals surface area contributed by atoms with Crippen LogP contribution in [0, 0.1) is 16.7 Å². The van der Waals surface area contributed by atoms with Crippen LogP contribution in [0.15, 0.2) is 102 Å². The molecule has 0 spiro atoms. The molecule has 3 aromatic carbocycles. The van der Waals surface area contributed by atoms with Gasteiger partial charge in [-0.3, -0.25) is 24.0 Å². The molecule has 1 saturated heterocycles. The molecule has 2 saturated carbocycles. The van der Waals surface area contributed by atoms with Gasteiger partial charge in [-0.25, -0.2) is 9.59 Å². The van der Waals surface area contributed by atoms with Gasteiger partial charge >= 0.3 is 23.9 Å². The largest absolute Gasteiger partial charge is 0.456 e. The Morgan fingerprint density at radius 3 is 1.91 bits per heavy atom. The van der Waals surface area contributed by atoms with Crippen molar-refractivity contribution in [3.05, 3.63) is 119 Å². The molecule has 344 valence electrons. The molecular formula is C49H54N2O14. The summed E-state index contributed by atoms with van der Waals surface area (Å²) in [6, 6.07) is 22.0. The number of rotatable bonds is 11. The number of aliphatic hydroxyl groups is 2. The van der Waals surface area contributed by atoms with Crippen LogP contribution in [-0.4, -0.2) is 106 Å². The maximum Gasteiger partial charge on any atom is 0.338 e. The number of nitrogens with one attached hydrogen (secondary N) is 2. The first kappa shape index (κ1) is 46.8. The van der Waals surface area contributed by atoms with Gasteiger partial charge in [-0.2, -0.15) is 0 Å². The van der Waals surface area contributed by atoms with Crippen molar-refractivity contribution in [1.82, 2.24) is 10.6 Å². The van der Waals surface area contributed by atoms with E-state index in [0.29, 0.717) is 5.56 Å². The minimum atomic E-state index is -2.37. The molecule has 3 aliphatic carbocycles. The lowest BCUT2D eigenvalue weighted by atomic mass is 9.44. The third kappa shape index (κ3) is 8.23. The van der Waals surface area contributed by atoms with Gasteiger partial charge in [0.05, 0.1) is 30.2 Å². The maximum absolute atomic E-state index is 15.8. The SMILES string of the molecule is CC(=O)N[C@@H]1C[C@@]2(C)C(=O)[C@H](OC(C)=O)C3=C(C)[C@@H](OC(=O)[C@H](O)[C@@H](NC(=O)c4ccccc4)c4ccccc4)C[C@@](O)(C(OC(=O)c4ccccc4)C2[C@]2(OC(C)=O)CO[C@H]12)C3(C)C. The number of fused-ring (bicyclic) bond motifs is 5. The number of ketones is 1. The molecule has 16 nitrogen and oxygen atoms in total. The van der Waals surface area contributed by atoms with Crippen molar-refractivity contribution in [1.29, 1.82) is 0 Å². The molecule has 7 rings (SSSR count). The normalized spacial score (nSPS) is 30.8. The van der Waals surface area contributed by atoms with Gasteiger partial charge in [0.2, 0.25) is 5.91 Å². The Hall–Kier alpha value is -6.23. The van der Waals surface area contributed by atoms with E-state index in [0.717, 1.165) is 13.8 Å². The average molecular weight is 895 g/mol. The topological polar surface area (TPSA) is 230 Å². The lowest BCUT2D eigenvalue weighted by Crippen LogP contribution is -2.83. The molecule has 0 radical (unpaired) electrons. The molecule has 2 unspecified atom stereocenters. The number of benzene rings is 3. The van der Waals surface area contributed by atoms with Crippen molar-refractivity contribution in [2.24, 2.45) is 16.7 Å². The van der Waals surface area contributed by atoms with E-state index in [1.165, 1.54) is 26.0 Å². The van der Waals surface area contributed by atoms with E-state index in [1.807, 2.05) is 0 Å². The molecule has 2 bridgehead atoms. The molecule has 1 heterocycles. The number of hydrogen-bond acceptors (Lipinski definition) is 14. The summed E-state index contributed by atoms with van der Waals surface area (Å²) in [5.41, 5.74) is -6.79. The predicted molar refractivity (Wildman–Crippen MR) is 229 cm³/mol. The summed E-state index contributed by atoms with van der Waals surface area (Å²) < 4.78 is 30.8. The van der Waals surface area contributed by atoms with E-state index in [-0.39, 0.29) is 35.3 Å². The molecule has 65 heavy (non-hydrogen) atoms. The quantitative estimate of drug-likeness (QED) is 0.122. The molecule has 2 amide bonds. The fraction of sp³-hybridized carbons (Fsp3) is 0.449. The lowest BCUT2D eigenvalue weighted by molar-refractivity contribution is -0.338. The van der Waals surface area contributed by atoms with E-state index in [1.54, 1.807) is 99.6 Å². The van der Waals surface area contributed by atoms with Gasteiger partial charge in [0.25, 0.3) is 5.91 Å². The number of Topliss-reactive ketones (excluding diaryl/α,β-unsaturated/α-hetero) is 1. The highest BCUT2D eigenvalue weighted by atomic mass is 16.6. The minimum Gasteiger partial charge on any atom is -0.456 e. The zero-order valence-electron chi connectivity index (χ0n) is 37.2. The van der Waals surface area contributed by atoms with Crippen LogP contribution < -0.4 is 10.6 Å². The van der Waals surface area contributed by atoms with E-state index >= 15 is 4.79 Å². The van der Waals surface area contributed by atoms with Crippen molar-refractivity contribution >= 4 is 41.5 Å². The molecule has 4 aliphatic rings. The third-order valence-electron chi connectivity index (χ3n) is 13.7. The summed E-state index contributed by atoms with van der Waals surface area (Å²) >= 11 is 0. The Kier molecular flexibility index (Phi) is 12.7. The van der Waals surface area contributed by atoms with Gasteiger partial charge in [0.15, 0.2) is 23.6 Å². The summed E-state index contributed by atoms with van der Waals surface area (Å²) in [6.07, 6.45) is -8.93. The van der Waals surface area contributed by atoms with Gasteiger partial charge in [-0.15, -0.1) is 0 Å². The molecule has 3 aromatic rings. The third-order valence-corrected chi connectivity index (χ3v) is 13.7. The standard InChI is InChI=1S/C49H54N2O14/c1-26-34(63-45(59)37(55)36(30-17-11-8-12-18-30)51-43(57)31-19-13-9-14-20-31)24-49(60)42(64-44(58)32-21-15-10-16-22-32)39-47(7,40(56)38(62-28(3)53)35(26)46(49,5)6)23-33(50-27(2)52)41-48(39,25-61-41)65-29(4)54/h8-22,33-34,36-39,41-42,55,60H,23-25H2,1-7H3,(H,50,52)(H,51,57)/t33-,34+,36+,37-,38-,39?,41-,42?,47-,48-,49-/m1/s1. The smallest absolute Gasteiger partial charge is 0.338 e. The highest BCUT2D eigenvalue weighted by molar-refractivity contribution is 5.96. The van der Waals surface area contributed by atoms with E-state index in [9.17, 15) is 39.0 Å². The first-order chi connectivity index (χ1) is 30.7. The second-order valence-electron chi connectivity index (χ2n) is 18.2. The first-order valence-corrected chi connectivity index (χ1v) is 21.4. The average Bonchev–Trinajstić information content (AvgIpc) is 3.25. The zero-order valence-corrected chi connectivity index (χ0v) is 37.2. The Balaban J connectivity index is 1.40. The van der Waals surface area contributed by atoms with E-state index in [2.05, 4.69) is 10.6 Å². The molecule has 0 aromatic heterocycles. The van der Waals surface area contributed by atoms with Crippen molar-refractivity contribution in [3.63, 3.8) is 0 Å². The number of aliphatic hydroxyl groups excluding tert-OH is 1. The summed E-state index contributed by atoms with van der Waals surface area (Å²) in [5, 5.41) is 31.2. The Bertz CT molecular complexity index is 2410. The minimum absolute atomic E-state index is 0.0285. The summed E-state index contributed by atoms with van der Waals surface area (Å²) in [7, 11) is 0. The monoisotopic (exact) mass is 894 g/mol. The van der Waals surface area contributed by atoms with Crippen LogP contribution in [0.3, 0.4) is 0 Å². The van der Waals surface area contributed by atoms with Gasteiger partial charge in [0, 0.05) is 43.6 Å². The first-order valence-electron chi connectivity index (χ1n) is 21.4. The molecule has 16 heteroatoms. The molecule has 3 fully saturated rings. The molecule has 11 atom stereocenters. The second-order valence-corrected chi connectivity index (χ2v) is 18.2. The Morgan fingerprint density at radius 1 is 0.785 bits per heavy atom. The van der Waals surface area contributed by atoms with Crippen molar-refractivity contribution < 1.29 is 67.5 Å². The Labute approximate surface area is 376 Å². The Morgan fingerprint density at radius 2 is 1.37 bits per heavy atom.